The highest BCUT2D eigenvalue weighted by Gasteiger charge is 2.09. The van der Waals surface area contributed by atoms with Crippen LogP contribution in [0.4, 0.5) is 4.39 Å². The Kier molecular flexibility index (Phi) is 3.89. The first-order chi connectivity index (χ1) is 6.65. The van der Waals surface area contributed by atoms with Crippen LogP contribution in [-0.4, -0.2) is 11.7 Å². The molecule has 0 bridgehead atoms. The van der Waals surface area contributed by atoms with Gasteiger partial charge in [0.15, 0.2) is 0 Å². The van der Waals surface area contributed by atoms with E-state index in [1.807, 2.05) is 6.92 Å². The van der Waals surface area contributed by atoms with E-state index in [1.54, 1.807) is 13.0 Å². The van der Waals surface area contributed by atoms with Crippen molar-refractivity contribution in [3.8, 4) is 5.75 Å². The van der Waals surface area contributed by atoms with Gasteiger partial charge >= 0.3 is 0 Å². The Labute approximate surface area is 83.3 Å². The van der Waals surface area contributed by atoms with Gasteiger partial charge in [-0.2, -0.15) is 0 Å². The van der Waals surface area contributed by atoms with E-state index in [9.17, 15) is 9.50 Å². The summed E-state index contributed by atoms with van der Waals surface area (Å²) in [6.45, 7) is 4.14. The number of benzene rings is 1. The summed E-state index contributed by atoms with van der Waals surface area (Å²) in [4.78, 5) is 0. The topological polar surface area (TPSA) is 29.5 Å². The van der Waals surface area contributed by atoms with Crippen LogP contribution in [0.15, 0.2) is 18.2 Å². The lowest BCUT2D eigenvalue weighted by Crippen LogP contribution is -2.01. The smallest absolute Gasteiger partial charge is 0.127 e. The van der Waals surface area contributed by atoms with Gasteiger partial charge in [0.2, 0.25) is 0 Å². The van der Waals surface area contributed by atoms with Crippen LogP contribution in [-0.2, 0) is 0 Å². The van der Waals surface area contributed by atoms with Crippen molar-refractivity contribution in [2.45, 2.75) is 26.4 Å². The fourth-order valence-corrected chi connectivity index (χ4v) is 1.19. The van der Waals surface area contributed by atoms with Gasteiger partial charge in [0, 0.05) is 11.6 Å². The summed E-state index contributed by atoms with van der Waals surface area (Å²) in [7, 11) is 0. The highest BCUT2D eigenvalue weighted by atomic mass is 19.1. The Bertz CT molecular complexity index is 297. The molecule has 0 saturated carbocycles. The van der Waals surface area contributed by atoms with E-state index in [-0.39, 0.29) is 5.82 Å². The van der Waals surface area contributed by atoms with Gasteiger partial charge in [0.1, 0.15) is 11.6 Å². The van der Waals surface area contributed by atoms with Crippen molar-refractivity contribution in [3.63, 3.8) is 0 Å². The fraction of sp³-hybridized carbons (Fsp3) is 0.455. The quantitative estimate of drug-likeness (QED) is 0.806. The van der Waals surface area contributed by atoms with E-state index >= 15 is 0 Å². The summed E-state index contributed by atoms with van der Waals surface area (Å²) in [5.41, 5.74) is 0.625. The number of halogens is 1. The minimum absolute atomic E-state index is 0.347. The van der Waals surface area contributed by atoms with Crippen LogP contribution in [0.1, 0.15) is 31.9 Å². The average molecular weight is 198 g/mol. The van der Waals surface area contributed by atoms with Gasteiger partial charge in [0.25, 0.3) is 0 Å². The molecule has 14 heavy (non-hydrogen) atoms. The van der Waals surface area contributed by atoms with Crippen LogP contribution in [0.2, 0.25) is 0 Å². The molecule has 3 heteroatoms. The number of hydrogen-bond acceptors (Lipinski definition) is 2. The number of aliphatic hydroxyl groups excluding tert-OH is 1. The molecular weight excluding hydrogens is 183 g/mol. The monoisotopic (exact) mass is 198 g/mol. The standard InChI is InChI=1S/C11H15FO2/c1-3-6-14-11-7-9(12)4-5-10(11)8(2)13/h4-5,7-8,13H,3,6H2,1-2H3/t8-/m1/s1. The lowest BCUT2D eigenvalue weighted by molar-refractivity contribution is 0.191. The summed E-state index contributed by atoms with van der Waals surface area (Å²) in [5, 5.41) is 9.39. The van der Waals surface area contributed by atoms with Crippen molar-refractivity contribution in [1.29, 1.82) is 0 Å². The zero-order chi connectivity index (χ0) is 10.6. The highest BCUT2D eigenvalue weighted by Crippen LogP contribution is 2.25. The van der Waals surface area contributed by atoms with E-state index in [2.05, 4.69) is 0 Å². The van der Waals surface area contributed by atoms with Crippen LogP contribution in [0.25, 0.3) is 0 Å². The highest BCUT2D eigenvalue weighted by molar-refractivity contribution is 5.35. The predicted molar refractivity (Wildman–Crippen MR) is 52.8 cm³/mol. The summed E-state index contributed by atoms with van der Waals surface area (Å²) >= 11 is 0. The van der Waals surface area contributed by atoms with Gasteiger partial charge in [-0.1, -0.05) is 6.92 Å². The molecule has 0 radical (unpaired) electrons. The summed E-state index contributed by atoms with van der Waals surface area (Å²) in [6.07, 6.45) is 0.220. The molecule has 0 heterocycles. The normalized spacial score (nSPS) is 12.6. The van der Waals surface area contributed by atoms with Crippen molar-refractivity contribution in [2.75, 3.05) is 6.61 Å². The van der Waals surface area contributed by atoms with Crippen molar-refractivity contribution >= 4 is 0 Å². The molecule has 1 rings (SSSR count). The Morgan fingerprint density at radius 2 is 2.21 bits per heavy atom. The Balaban J connectivity index is 2.91. The molecular formula is C11H15FO2. The average Bonchev–Trinajstić information content (AvgIpc) is 2.14. The van der Waals surface area contributed by atoms with Crippen LogP contribution in [0.3, 0.4) is 0 Å². The molecule has 2 nitrogen and oxygen atoms in total. The van der Waals surface area contributed by atoms with E-state index in [0.717, 1.165) is 6.42 Å². The lowest BCUT2D eigenvalue weighted by Gasteiger charge is -2.12. The van der Waals surface area contributed by atoms with Gasteiger partial charge in [0.05, 0.1) is 12.7 Å². The van der Waals surface area contributed by atoms with Crippen molar-refractivity contribution in [2.24, 2.45) is 0 Å². The molecule has 1 aromatic carbocycles. The third-order valence-corrected chi connectivity index (χ3v) is 1.89. The minimum Gasteiger partial charge on any atom is -0.493 e. The first-order valence-electron chi connectivity index (χ1n) is 4.75. The SMILES string of the molecule is CCCOc1cc(F)ccc1[C@@H](C)O. The first kappa shape index (κ1) is 11.0. The molecule has 0 saturated heterocycles. The second kappa shape index (κ2) is 4.96. The van der Waals surface area contributed by atoms with E-state index in [1.165, 1.54) is 12.1 Å². The maximum absolute atomic E-state index is 12.9. The first-order valence-corrected chi connectivity index (χ1v) is 4.75. The summed E-state index contributed by atoms with van der Waals surface area (Å²) in [5.74, 6) is 0.0855. The molecule has 0 spiro atoms. The van der Waals surface area contributed by atoms with Gasteiger partial charge in [-0.15, -0.1) is 0 Å². The largest absolute Gasteiger partial charge is 0.493 e. The van der Waals surface area contributed by atoms with Crippen molar-refractivity contribution in [3.05, 3.63) is 29.6 Å². The molecule has 0 aliphatic carbocycles. The predicted octanol–water partition coefficient (Wildman–Crippen LogP) is 2.67. The van der Waals surface area contributed by atoms with E-state index < -0.39 is 6.10 Å². The maximum atomic E-state index is 12.9. The molecule has 1 N–H and O–H groups in total. The Hall–Kier alpha value is -1.09. The van der Waals surface area contributed by atoms with E-state index in [0.29, 0.717) is 17.9 Å². The van der Waals surface area contributed by atoms with Crippen molar-refractivity contribution < 1.29 is 14.2 Å². The Morgan fingerprint density at radius 1 is 1.50 bits per heavy atom. The van der Waals surface area contributed by atoms with Gasteiger partial charge in [-0.25, -0.2) is 4.39 Å². The second-order valence-corrected chi connectivity index (χ2v) is 3.21. The van der Waals surface area contributed by atoms with Crippen LogP contribution in [0.5, 0.6) is 5.75 Å². The molecule has 0 unspecified atom stereocenters. The summed E-state index contributed by atoms with van der Waals surface area (Å²) < 4.78 is 18.2. The molecule has 0 aliphatic heterocycles. The zero-order valence-electron chi connectivity index (χ0n) is 8.46. The molecule has 1 atom stereocenters. The molecule has 78 valence electrons. The molecule has 0 fully saturated rings. The molecule has 1 aromatic rings. The molecule has 0 aliphatic rings. The van der Waals surface area contributed by atoms with E-state index in [4.69, 9.17) is 4.74 Å². The van der Waals surface area contributed by atoms with Gasteiger partial charge in [-0.05, 0) is 25.5 Å². The maximum Gasteiger partial charge on any atom is 0.127 e. The van der Waals surface area contributed by atoms with Gasteiger partial charge < -0.3 is 9.84 Å². The number of hydrogen-bond donors (Lipinski definition) is 1. The summed E-state index contributed by atoms with van der Waals surface area (Å²) in [6, 6.07) is 4.17. The minimum atomic E-state index is -0.637. The fourth-order valence-electron chi connectivity index (χ4n) is 1.19. The number of rotatable bonds is 4. The van der Waals surface area contributed by atoms with Crippen LogP contribution < -0.4 is 4.74 Å². The number of aliphatic hydroxyl groups is 1. The van der Waals surface area contributed by atoms with Crippen molar-refractivity contribution in [1.82, 2.24) is 0 Å². The lowest BCUT2D eigenvalue weighted by atomic mass is 10.1. The molecule has 0 amide bonds. The van der Waals surface area contributed by atoms with Gasteiger partial charge in [-0.3, -0.25) is 0 Å². The number of ether oxygens (including phenoxy) is 1. The third kappa shape index (κ3) is 2.70. The third-order valence-electron chi connectivity index (χ3n) is 1.89. The second-order valence-electron chi connectivity index (χ2n) is 3.21. The Morgan fingerprint density at radius 3 is 2.79 bits per heavy atom. The van der Waals surface area contributed by atoms with Crippen LogP contribution >= 0.6 is 0 Å². The zero-order valence-corrected chi connectivity index (χ0v) is 8.46. The van der Waals surface area contributed by atoms with Crippen LogP contribution in [0, 0.1) is 5.82 Å². The molecule has 0 aromatic heterocycles.